The molecule has 1 N–H and O–H groups in total. The van der Waals surface area contributed by atoms with Crippen LogP contribution in [0.15, 0.2) is 40.3 Å². The van der Waals surface area contributed by atoms with Crippen LogP contribution in [0.4, 0.5) is 5.69 Å². The van der Waals surface area contributed by atoms with Gasteiger partial charge in [-0.05, 0) is 37.3 Å². The van der Waals surface area contributed by atoms with Gasteiger partial charge in [0.05, 0.1) is 16.2 Å². The van der Waals surface area contributed by atoms with Crippen LogP contribution >= 0.6 is 23.4 Å². The quantitative estimate of drug-likeness (QED) is 0.481. The number of thioether (sulfide) groups is 1. The van der Waals surface area contributed by atoms with E-state index in [0.717, 1.165) is 5.69 Å². The summed E-state index contributed by atoms with van der Waals surface area (Å²) < 4.78 is 3.41. The zero-order valence-corrected chi connectivity index (χ0v) is 17.9. The van der Waals surface area contributed by atoms with Crippen molar-refractivity contribution in [2.24, 2.45) is 5.92 Å². The van der Waals surface area contributed by atoms with Crippen LogP contribution in [0.25, 0.3) is 11.0 Å². The monoisotopic (exact) mass is 418 g/mol. The molecule has 2 aromatic heterocycles. The van der Waals surface area contributed by atoms with E-state index in [2.05, 4.69) is 24.1 Å². The van der Waals surface area contributed by atoms with E-state index in [1.807, 2.05) is 19.2 Å². The lowest BCUT2D eigenvalue weighted by Gasteiger charge is -2.14. The number of rotatable bonds is 6. The van der Waals surface area contributed by atoms with Gasteiger partial charge in [-0.25, -0.2) is 4.98 Å². The molecule has 6 nitrogen and oxygen atoms in total. The number of amides is 1. The summed E-state index contributed by atoms with van der Waals surface area (Å²) in [5, 5.41) is 3.96. The summed E-state index contributed by atoms with van der Waals surface area (Å²) in [5.74, 6) is 0.0494. The van der Waals surface area contributed by atoms with E-state index < -0.39 is 0 Å². The molecule has 148 valence electrons. The molecule has 0 radical (unpaired) electrons. The highest BCUT2D eigenvalue weighted by Crippen LogP contribution is 2.22. The SMILES string of the molecule is CSc1nc2cc(C)n(CC(=O)Nc3ccccc3Cl)c2c(=O)n1CC(C)C. The van der Waals surface area contributed by atoms with Gasteiger partial charge in [-0.2, -0.15) is 0 Å². The number of hydrogen-bond acceptors (Lipinski definition) is 4. The van der Waals surface area contributed by atoms with Gasteiger partial charge in [0.1, 0.15) is 12.1 Å². The molecule has 0 atom stereocenters. The Bertz CT molecular complexity index is 1090. The number of aryl methyl sites for hydroxylation is 1. The van der Waals surface area contributed by atoms with E-state index in [9.17, 15) is 9.59 Å². The van der Waals surface area contributed by atoms with Gasteiger partial charge < -0.3 is 9.88 Å². The molecule has 1 amide bonds. The van der Waals surface area contributed by atoms with E-state index in [0.29, 0.717) is 39.4 Å². The van der Waals surface area contributed by atoms with Gasteiger partial charge in [0, 0.05) is 12.2 Å². The average molecular weight is 419 g/mol. The van der Waals surface area contributed by atoms with Crippen molar-refractivity contribution in [3.05, 3.63) is 51.4 Å². The Balaban J connectivity index is 2.01. The molecule has 3 rings (SSSR count). The number of anilines is 1. The molecule has 3 aromatic rings. The van der Waals surface area contributed by atoms with Crippen molar-refractivity contribution in [3.63, 3.8) is 0 Å². The van der Waals surface area contributed by atoms with Crippen molar-refractivity contribution >= 4 is 46.0 Å². The van der Waals surface area contributed by atoms with Crippen molar-refractivity contribution < 1.29 is 4.79 Å². The first kappa shape index (κ1) is 20.5. The first-order valence-corrected chi connectivity index (χ1v) is 10.6. The fourth-order valence-electron chi connectivity index (χ4n) is 3.13. The lowest BCUT2D eigenvalue weighted by molar-refractivity contribution is -0.116. The Morgan fingerprint density at radius 1 is 1.29 bits per heavy atom. The molecule has 0 aliphatic carbocycles. The molecule has 2 heterocycles. The Labute approximate surface area is 172 Å². The molecule has 8 heteroatoms. The molecule has 0 spiro atoms. The van der Waals surface area contributed by atoms with Crippen LogP contribution in [-0.2, 0) is 17.9 Å². The lowest BCUT2D eigenvalue weighted by Crippen LogP contribution is -2.28. The number of hydrogen-bond donors (Lipinski definition) is 1. The Morgan fingerprint density at radius 2 is 2.00 bits per heavy atom. The van der Waals surface area contributed by atoms with E-state index in [1.165, 1.54) is 11.8 Å². The molecule has 0 saturated heterocycles. The summed E-state index contributed by atoms with van der Waals surface area (Å²) in [7, 11) is 0. The molecule has 0 fully saturated rings. The standard InChI is InChI=1S/C20H23ClN4O2S/c1-12(2)10-25-19(27)18-16(23-20(25)28-4)9-13(3)24(18)11-17(26)22-15-8-6-5-7-14(15)21/h5-9,12H,10-11H2,1-4H3,(H,22,26). The Morgan fingerprint density at radius 3 is 2.64 bits per heavy atom. The first-order valence-electron chi connectivity index (χ1n) is 9.00. The van der Waals surface area contributed by atoms with E-state index in [1.54, 1.807) is 33.4 Å². The molecule has 0 unspecified atom stereocenters. The smallest absolute Gasteiger partial charge is 0.278 e. The van der Waals surface area contributed by atoms with Crippen LogP contribution in [0.1, 0.15) is 19.5 Å². The first-order chi connectivity index (χ1) is 13.3. The molecule has 0 saturated carbocycles. The highest BCUT2D eigenvalue weighted by molar-refractivity contribution is 7.98. The van der Waals surface area contributed by atoms with Crippen LogP contribution in [0.5, 0.6) is 0 Å². The second-order valence-corrected chi connectivity index (χ2v) is 8.22. The number of halogens is 1. The molecular weight excluding hydrogens is 396 g/mol. The molecule has 28 heavy (non-hydrogen) atoms. The summed E-state index contributed by atoms with van der Waals surface area (Å²) in [4.78, 5) is 30.5. The average Bonchev–Trinajstić information content (AvgIpc) is 2.94. The van der Waals surface area contributed by atoms with Gasteiger partial charge in [-0.1, -0.05) is 49.3 Å². The molecule has 0 aliphatic rings. The minimum Gasteiger partial charge on any atom is -0.330 e. The number of carbonyl (C=O) groups is 1. The summed E-state index contributed by atoms with van der Waals surface area (Å²) in [5.41, 5.74) is 2.29. The minimum atomic E-state index is -0.252. The van der Waals surface area contributed by atoms with Crippen LogP contribution in [0.3, 0.4) is 0 Å². The fraction of sp³-hybridized carbons (Fsp3) is 0.350. The van der Waals surface area contributed by atoms with Gasteiger partial charge in [0.2, 0.25) is 5.91 Å². The molecular formula is C20H23ClN4O2S. The zero-order chi connectivity index (χ0) is 20.4. The van der Waals surface area contributed by atoms with Crippen LogP contribution in [0.2, 0.25) is 5.02 Å². The highest BCUT2D eigenvalue weighted by Gasteiger charge is 2.18. The zero-order valence-electron chi connectivity index (χ0n) is 16.3. The van der Waals surface area contributed by atoms with Gasteiger partial charge in [0.15, 0.2) is 5.16 Å². The van der Waals surface area contributed by atoms with Crippen LogP contribution in [-0.4, -0.2) is 26.3 Å². The predicted molar refractivity (Wildman–Crippen MR) is 115 cm³/mol. The van der Waals surface area contributed by atoms with Gasteiger partial charge in [0.25, 0.3) is 5.56 Å². The normalized spacial score (nSPS) is 11.4. The third-order valence-corrected chi connectivity index (χ3v) is 5.36. The van der Waals surface area contributed by atoms with Gasteiger partial charge in [-0.15, -0.1) is 0 Å². The molecule has 1 aromatic carbocycles. The summed E-state index contributed by atoms with van der Waals surface area (Å²) in [6.45, 7) is 6.57. The maximum atomic E-state index is 13.2. The van der Waals surface area contributed by atoms with Crippen molar-refractivity contribution in [1.82, 2.24) is 14.1 Å². The van der Waals surface area contributed by atoms with Crippen LogP contribution < -0.4 is 10.9 Å². The summed E-state index contributed by atoms with van der Waals surface area (Å²) in [6, 6.07) is 8.90. The second-order valence-electron chi connectivity index (χ2n) is 7.04. The van der Waals surface area contributed by atoms with E-state index >= 15 is 0 Å². The third-order valence-electron chi connectivity index (χ3n) is 4.36. The topological polar surface area (TPSA) is 68.9 Å². The second kappa shape index (κ2) is 8.41. The largest absolute Gasteiger partial charge is 0.330 e. The van der Waals surface area contributed by atoms with Crippen molar-refractivity contribution in [1.29, 1.82) is 0 Å². The number of benzene rings is 1. The number of fused-ring (bicyclic) bond motifs is 1. The molecule has 0 bridgehead atoms. The maximum absolute atomic E-state index is 13.2. The Kier molecular flexibility index (Phi) is 6.15. The van der Waals surface area contributed by atoms with Crippen molar-refractivity contribution in [2.45, 2.75) is 39.0 Å². The van der Waals surface area contributed by atoms with Crippen LogP contribution in [0, 0.1) is 12.8 Å². The van der Waals surface area contributed by atoms with Crippen molar-refractivity contribution in [2.75, 3.05) is 11.6 Å². The minimum absolute atomic E-state index is 0.0117. The highest BCUT2D eigenvalue weighted by atomic mass is 35.5. The van der Waals surface area contributed by atoms with E-state index in [-0.39, 0.29) is 18.0 Å². The maximum Gasteiger partial charge on any atom is 0.278 e. The fourth-order valence-corrected chi connectivity index (χ4v) is 3.88. The number of carbonyl (C=O) groups excluding carboxylic acids is 1. The van der Waals surface area contributed by atoms with Crippen molar-refractivity contribution in [3.8, 4) is 0 Å². The number of nitrogens with zero attached hydrogens (tertiary/aromatic N) is 3. The number of aromatic nitrogens is 3. The predicted octanol–water partition coefficient (Wildman–Crippen LogP) is 4.18. The third kappa shape index (κ3) is 4.10. The molecule has 0 aliphatic heterocycles. The lowest BCUT2D eigenvalue weighted by atomic mass is 10.2. The number of para-hydroxylation sites is 1. The summed E-state index contributed by atoms with van der Waals surface area (Å²) >= 11 is 7.56. The number of nitrogens with one attached hydrogen (secondary N) is 1. The Hall–Kier alpha value is -2.25. The van der Waals surface area contributed by atoms with Gasteiger partial charge in [-0.3, -0.25) is 14.2 Å². The van der Waals surface area contributed by atoms with E-state index in [4.69, 9.17) is 11.6 Å². The summed E-state index contributed by atoms with van der Waals surface area (Å²) in [6.07, 6.45) is 1.91. The van der Waals surface area contributed by atoms with Gasteiger partial charge >= 0.3 is 0 Å².